The maximum Gasteiger partial charge on any atom is 0.330 e. The lowest BCUT2D eigenvalue weighted by molar-refractivity contribution is -0.119. The molecule has 0 fully saturated rings. The Morgan fingerprint density at radius 2 is 1.65 bits per heavy atom. The summed E-state index contributed by atoms with van der Waals surface area (Å²) in [6, 6.07) is 15.2. The second-order valence-electron chi connectivity index (χ2n) is 8.33. The highest BCUT2D eigenvalue weighted by molar-refractivity contribution is 5.95. The summed E-state index contributed by atoms with van der Waals surface area (Å²) in [5, 5.41) is 2.76. The molecule has 12 heteroatoms. The molecule has 0 aliphatic rings. The number of methoxy groups -OCH3 is 1. The highest BCUT2D eigenvalue weighted by atomic mass is 16.5. The summed E-state index contributed by atoms with van der Waals surface area (Å²) < 4.78 is 7.13. The minimum Gasteiger partial charge on any atom is -0.385 e. The first kappa shape index (κ1) is 25.4. The van der Waals surface area contributed by atoms with Crippen molar-refractivity contribution in [1.29, 1.82) is 0 Å². The third-order valence-corrected chi connectivity index (χ3v) is 5.88. The van der Waals surface area contributed by atoms with Crippen molar-refractivity contribution >= 4 is 28.2 Å². The molecule has 0 saturated heterocycles. The van der Waals surface area contributed by atoms with Gasteiger partial charge in [-0.05, 0) is 24.1 Å². The molecule has 0 radical (unpaired) electrons. The van der Waals surface area contributed by atoms with Gasteiger partial charge in [0, 0.05) is 20.3 Å². The van der Waals surface area contributed by atoms with Crippen molar-refractivity contribution in [3.8, 4) is 0 Å². The number of rotatable bonds is 9. The Bertz CT molecular complexity index is 1670. The van der Waals surface area contributed by atoms with E-state index in [0.717, 1.165) is 19.7 Å². The zero-order chi connectivity index (χ0) is 26.5. The Morgan fingerprint density at radius 3 is 2.35 bits per heavy atom. The molecule has 4 N–H and O–H groups in total. The number of hydrogen-bond donors (Lipinski definition) is 3. The summed E-state index contributed by atoms with van der Waals surface area (Å²) in [6.07, 6.45) is 0.335. The second kappa shape index (κ2) is 10.9. The average molecular weight is 507 g/mol. The predicted octanol–water partition coefficient (Wildman–Crippen LogP) is 0.240. The molecular weight excluding hydrogens is 480 g/mol. The van der Waals surface area contributed by atoms with E-state index in [9.17, 15) is 24.0 Å². The van der Waals surface area contributed by atoms with Crippen molar-refractivity contribution in [2.75, 3.05) is 30.9 Å². The van der Waals surface area contributed by atoms with Crippen LogP contribution in [-0.4, -0.2) is 45.5 Å². The summed E-state index contributed by atoms with van der Waals surface area (Å²) in [7, 11) is 1.49. The fourth-order valence-corrected chi connectivity index (χ4v) is 4.07. The van der Waals surface area contributed by atoms with Crippen molar-refractivity contribution in [3.05, 3.63) is 102 Å². The largest absolute Gasteiger partial charge is 0.385 e. The first-order valence-electron chi connectivity index (χ1n) is 11.5. The molecule has 1 amide bonds. The van der Waals surface area contributed by atoms with Gasteiger partial charge in [0.15, 0.2) is 5.69 Å². The first-order valence-corrected chi connectivity index (χ1v) is 11.5. The summed E-state index contributed by atoms with van der Waals surface area (Å²) >= 11 is 0. The van der Waals surface area contributed by atoms with E-state index >= 15 is 0 Å². The lowest BCUT2D eigenvalue weighted by Gasteiger charge is -2.25. The molecule has 37 heavy (non-hydrogen) atoms. The molecule has 4 aromatic rings. The fourth-order valence-electron chi connectivity index (χ4n) is 4.07. The summed E-state index contributed by atoms with van der Waals surface area (Å²) in [6.45, 7) is -0.219. The minimum absolute atomic E-state index is 0.00998. The van der Waals surface area contributed by atoms with Gasteiger partial charge in [0.1, 0.15) is 12.4 Å². The molecule has 0 aliphatic carbocycles. The number of amides is 1. The van der Waals surface area contributed by atoms with E-state index in [0.29, 0.717) is 6.42 Å². The number of aromatic nitrogens is 4. The standard InChI is InChI=1S/C25H26N6O6/c1-37-13-7-12-29(19(32)15-31-24(35)18-11-6-5-10-17(18)22(33)28-31)20-21(26)30(25(36)27-23(20)34)14-16-8-3-2-4-9-16/h2-6,8-11H,7,12-15,26H2,1H3,(H,28,33)(H,27,34,36). The van der Waals surface area contributed by atoms with E-state index in [4.69, 9.17) is 10.5 Å². The SMILES string of the molecule is COCCCN(C(=O)Cn1[nH]c(=O)c2ccccc2c1=O)c1c(N)n(Cc2ccccc2)c(=O)[nH]c1=O. The second-order valence-corrected chi connectivity index (χ2v) is 8.33. The highest BCUT2D eigenvalue weighted by Crippen LogP contribution is 2.19. The maximum atomic E-state index is 13.5. The number of H-pyrrole nitrogens is 2. The number of hydrogen-bond acceptors (Lipinski definition) is 7. The van der Waals surface area contributed by atoms with E-state index in [1.54, 1.807) is 36.4 Å². The van der Waals surface area contributed by atoms with Gasteiger partial charge in [-0.15, -0.1) is 0 Å². The van der Waals surface area contributed by atoms with E-state index in [2.05, 4.69) is 10.1 Å². The number of carbonyl (C=O) groups excluding carboxylic acids is 1. The third-order valence-electron chi connectivity index (χ3n) is 5.88. The van der Waals surface area contributed by atoms with Crippen molar-refractivity contribution in [2.45, 2.75) is 19.5 Å². The number of aromatic amines is 2. The summed E-state index contributed by atoms with van der Waals surface area (Å²) in [5.41, 5.74) is 4.13. The Morgan fingerprint density at radius 1 is 0.973 bits per heavy atom. The number of benzene rings is 2. The van der Waals surface area contributed by atoms with Gasteiger partial charge in [-0.1, -0.05) is 42.5 Å². The Labute approximate surface area is 209 Å². The van der Waals surface area contributed by atoms with Crippen LogP contribution in [0.5, 0.6) is 0 Å². The van der Waals surface area contributed by atoms with E-state index in [-0.39, 0.29) is 42.0 Å². The number of anilines is 2. The lowest BCUT2D eigenvalue weighted by Crippen LogP contribution is -2.44. The van der Waals surface area contributed by atoms with E-state index in [1.807, 2.05) is 6.07 Å². The Balaban J connectivity index is 1.77. The van der Waals surface area contributed by atoms with Crippen LogP contribution in [0.2, 0.25) is 0 Å². The van der Waals surface area contributed by atoms with Crippen LogP contribution in [0, 0.1) is 0 Å². The molecule has 0 unspecified atom stereocenters. The smallest absolute Gasteiger partial charge is 0.330 e. The molecule has 2 aromatic heterocycles. The summed E-state index contributed by atoms with van der Waals surface area (Å²) in [4.78, 5) is 67.7. The quantitative estimate of drug-likeness (QED) is 0.274. The number of nitrogens with one attached hydrogen (secondary N) is 2. The molecule has 192 valence electrons. The highest BCUT2D eigenvalue weighted by Gasteiger charge is 2.25. The molecule has 2 aromatic carbocycles. The van der Waals surface area contributed by atoms with Crippen LogP contribution in [-0.2, 0) is 22.6 Å². The van der Waals surface area contributed by atoms with Crippen LogP contribution in [0.3, 0.4) is 0 Å². The molecule has 0 saturated carbocycles. The molecule has 2 heterocycles. The lowest BCUT2D eigenvalue weighted by atomic mass is 10.2. The molecule has 0 atom stereocenters. The number of nitrogen functional groups attached to an aromatic ring is 1. The predicted molar refractivity (Wildman–Crippen MR) is 139 cm³/mol. The molecular formula is C25H26N6O6. The fraction of sp³-hybridized carbons (Fsp3) is 0.240. The topological polar surface area (TPSA) is 165 Å². The first-order chi connectivity index (χ1) is 17.8. The van der Waals surface area contributed by atoms with Gasteiger partial charge >= 0.3 is 5.69 Å². The van der Waals surface area contributed by atoms with Gasteiger partial charge in [0.25, 0.3) is 16.7 Å². The van der Waals surface area contributed by atoms with Gasteiger partial charge in [-0.2, -0.15) is 0 Å². The molecule has 0 spiro atoms. The zero-order valence-corrected chi connectivity index (χ0v) is 20.1. The van der Waals surface area contributed by atoms with Gasteiger partial charge in [-0.3, -0.25) is 33.8 Å². The van der Waals surface area contributed by atoms with Crippen LogP contribution < -0.4 is 33.0 Å². The molecule has 12 nitrogen and oxygen atoms in total. The summed E-state index contributed by atoms with van der Waals surface area (Å²) in [5.74, 6) is -0.894. The molecule has 0 aliphatic heterocycles. The van der Waals surface area contributed by atoms with Crippen LogP contribution >= 0.6 is 0 Å². The van der Waals surface area contributed by atoms with E-state index < -0.39 is 34.8 Å². The monoisotopic (exact) mass is 506 g/mol. The third kappa shape index (κ3) is 5.28. The van der Waals surface area contributed by atoms with Crippen molar-refractivity contribution < 1.29 is 9.53 Å². The molecule has 0 bridgehead atoms. The van der Waals surface area contributed by atoms with Gasteiger partial charge in [0.2, 0.25) is 5.91 Å². The number of fused-ring (bicyclic) bond motifs is 1. The van der Waals surface area contributed by atoms with Crippen molar-refractivity contribution in [2.24, 2.45) is 0 Å². The van der Waals surface area contributed by atoms with Gasteiger partial charge in [0.05, 0.1) is 17.3 Å². The van der Waals surface area contributed by atoms with Crippen LogP contribution in [0.1, 0.15) is 12.0 Å². The van der Waals surface area contributed by atoms with Gasteiger partial charge < -0.3 is 15.4 Å². The Hall–Kier alpha value is -4.71. The van der Waals surface area contributed by atoms with E-state index in [1.165, 1.54) is 19.2 Å². The van der Waals surface area contributed by atoms with Crippen molar-refractivity contribution in [3.63, 3.8) is 0 Å². The number of carbonyl (C=O) groups is 1. The van der Waals surface area contributed by atoms with Crippen LogP contribution in [0.15, 0.2) is 73.8 Å². The minimum atomic E-state index is -0.850. The average Bonchev–Trinajstić information content (AvgIpc) is 2.89. The zero-order valence-electron chi connectivity index (χ0n) is 20.1. The molecule has 4 rings (SSSR count). The van der Waals surface area contributed by atoms with Crippen molar-refractivity contribution in [1.82, 2.24) is 19.3 Å². The normalized spacial score (nSPS) is 11.1. The van der Waals surface area contributed by atoms with Crippen LogP contribution in [0.4, 0.5) is 11.5 Å². The Kier molecular flexibility index (Phi) is 7.49. The van der Waals surface area contributed by atoms with Gasteiger partial charge in [-0.25, -0.2) is 9.48 Å². The number of nitrogens with zero attached hydrogens (tertiary/aromatic N) is 3. The van der Waals surface area contributed by atoms with Crippen LogP contribution in [0.25, 0.3) is 10.8 Å². The number of ether oxygens (including phenoxy) is 1. The maximum absolute atomic E-state index is 13.5. The number of nitrogens with two attached hydrogens (primary N) is 1.